The molecule has 0 aromatic heterocycles. The summed E-state index contributed by atoms with van der Waals surface area (Å²) in [6.45, 7) is 4.89. The van der Waals surface area contributed by atoms with Crippen LogP contribution < -0.4 is 5.32 Å². The molecule has 5 rings (SSSR count). The zero-order chi connectivity index (χ0) is 27.2. The van der Waals surface area contributed by atoms with Crippen molar-refractivity contribution in [3.63, 3.8) is 0 Å². The first-order valence-electron chi connectivity index (χ1n) is 13.3. The van der Waals surface area contributed by atoms with Gasteiger partial charge in [-0.2, -0.15) is 0 Å². The van der Waals surface area contributed by atoms with E-state index in [-0.39, 0.29) is 41.3 Å². The lowest BCUT2D eigenvalue weighted by Crippen LogP contribution is -2.50. The number of aryl methyl sites for hydroxylation is 1. The molecule has 8 heteroatoms. The van der Waals surface area contributed by atoms with E-state index in [1.54, 1.807) is 12.0 Å². The second kappa shape index (κ2) is 10.1. The molecular weight excluding hydrogens is 487 g/mol. The molecule has 0 saturated heterocycles. The summed E-state index contributed by atoms with van der Waals surface area (Å²) in [5, 5.41) is 12.0. The maximum absolute atomic E-state index is 15.1. The van der Waals surface area contributed by atoms with Gasteiger partial charge in [-0.3, -0.25) is 14.4 Å². The van der Waals surface area contributed by atoms with Crippen LogP contribution in [0.3, 0.4) is 0 Å². The Kier molecular flexibility index (Phi) is 7.03. The molecule has 202 valence electrons. The summed E-state index contributed by atoms with van der Waals surface area (Å²) >= 11 is 0. The number of rotatable bonds is 7. The average Bonchev–Trinajstić information content (AvgIpc) is 3.14. The molecule has 0 unspecified atom stereocenters. The molecule has 2 N–H and O–H groups in total. The first kappa shape index (κ1) is 26.4. The van der Waals surface area contributed by atoms with Crippen molar-refractivity contribution < 1.29 is 28.6 Å². The molecule has 1 aliphatic heterocycles. The highest BCUT2D eigenvalue weighted by molar-refractivity contribution is 5.99. The molecule has 3 aliphatic rings. The average molecular weight is 523 g/mol. The number of ether oxygens (including phenoxy) is 1. The summed E-state index contributed by atoms with van der Waals surface area (Å²) in [5.74, 6) is -1.98. The van der Waals surface area contributed by atoms with Gasteiger partial charge in [0.05, 0.1) is 6.61 Å². The van der Waals surface area contributed by atoms with Gasteiger partial charge >= 0.3 is 5.97 Å². The Bertz CT molecular complexity index is 1280. The molecule has 7 nitrogen and oxygen atoms in total. The predicted octanol–water partition coefficient (Wildman–Crippen LogP) is 4.76. The van der Waals surface area contributed by atoms with Gasteiger partial charge in [-0.25, -0.2) is 4.39 Å². The molecule has 0 bridgehead atoms. The number of benzene rings is 2. The number of anilines is 1. The third kappa shape index (κ3) is 4.94. The van der Waals surface area contributed by atoms with Crippen LogP contribution in [0.2, 0.25) is 0 Å². The number of fused-ring (bicyclic) bond motifs is 2. The Hall–Kier alpha value is -3.26. The van der Waals surface area contributed by atoms with E-state index < -0.39 is 12.0 Å². The van der Waals surface area contributed by atoms with E-state index in [0.29, 0.717) is 43.7 Å². The molecule has 0 radical (unpaired) electrons. The van der Waals surface area contributed by atoms with Crippen molar-refractivity contribution in [3.05, 3.63) is 64.0 Å². The van der Waals surface area contributed by atoms with Gasteiger partial charge in [0.2, 0.25) is 5.91 Å². The van der Waals surface area contributed by atoms with Crippen LogP contribution in [0.25, 0.3) is 0 Å². The number of hydrogen-bond acceptors (Lipinski definition) is 4. The van der Waals surface area contributed by atoms with Gasteiger partial charge in [0.25, 0.3) is 5.91 Å². The number of hydrogen-bond donors (Lipinski definition) is 2. The van der Waals surface area contributed by atoms with E-state index in [0.717, 1.165) is 35.1 Å². The van der Waals surface area contributed by atoms with Crippen LogP contribution in [-0.2, 0) is 44.0 Å². The third-order valence-corrected chi connectivity index (χ3v) is 8.46. The maximum Gasteiger partial charge on any atom is 0.303 e. The van der Waals surface area contributed by atoms with E-state index in [4.69, 9.17) is 9.84 Å². The molecule has 2 aliphatic carbocycles. The van der Waals surface area contributed by atoms with Gasteiger partial charge in [0.1, 0.15) is 11.9 Å². The van der Waals surface area contributed by atoms with Crippen LogP contribution in [0.5, 0.6) is 0 Å². The Morgan fingerprint density at radius 2 is 1.89 bits per heavy atom. The summed E-state index contributed by atoms with van der Waals surface area (Å²) < 4.78 is 20.4. The number of carboxylic acids is 1. The minimum atomic E-state index is -0.859. The third-order valence-electron chi connectivity index (χ3n) is 8.46. The zero-order valence-corrected chi connectivity index (χ0v) is 22.2. The fraction of sp³-hybridized carbons (Fsp3) is 0.500. The minimum absolute atomic E-state index is 0.0129. The van der Waals surface area contributed by atoms with Gasteiger partial charge in [0.15, 0.2) is 0 Å². The lowest BCUT2D eigenvalue weighted by molar-refractivity contribution is -0.149. The zero-order valence-electron chi connectivity index (χ0n) is 22.2. The number of aliphatic carboxylic acids is 1. The van der Waals surface area contributed by atoms with Gasteiger partial charge in [0, 0.05) is 31.7 Å². The summed E-state index contributed by atoms with van der Waals surface area (Å²) in [7, 11) is 1.63. The van der Waals surface area contributed by atoms with Crippen LogP contribution >= 0.6 is 0 Å². The molecular formula is C30H35FN2O5. The van der Waals surface area contributed by atoms with E-state index in [2.05, 4.69) is 5.32 Å². The second-order valence-electron chi connectivity index (χ2n) is 11.6. The Labute approximate surface area is 222 Å². The maximum atomic E-state index is 15.1. The van der Waals surface area contributed by atoms with Gasteiger partial charge in [-0.15, -0.1) is 0 Å². The fourth-order valence-corrected chi connectivity index (χ4v) is 6.52. The number of carboxylic acid groups (broad SMARTS) is 1. The first-order chi connectivity index (χ1) is 18.1. The number of halogens is 1. The van der Waals surface area contributed by atoms with Gasteiger partial charge in [-0.1, -0.05) is 32.0 Å². The number of carbonyl (C=O) groups excluding carboxylic acids is 2. The minimum Gasteiger partial charge on any atom is -0.481 e. The standard InChI is InChI=1S/C30H35FN2O5/c1-30(2)8-6-20-14-22(15-24(31)26(20)30)32-28(36)27-23-5-4-17(16-38-3)10-19(23)7-9-33(27)29(37)21-11-18(12-21)13-25(34)35/h4-5,10,14-15,18,21,27H,6-9,11-13,16H2,1-3H3,(H,32,36)(H,34,35)/t18?,21?,27-/m1/s1. The van der Waals surface area contributed by atoms with Crippen molar-refractivity contribution >= 4 is 23.5 Å². The quantitative estimate of drug-likeness (QED) is 0.547. The molecule has 2 aromatic carbocycles. The van der Waals surface area contributed by atoms with E-state index >= 15 is 4.39 Å². The van der Waals surface area contributed by atoms with Crippen molar-refractivity contribution in [2.24, 2.45) is 11.8 Å². The first-order valence-corrected chi connectivity index (χ1v) is 13.3. The lowest BCUT2D eigenvalue weighted by Gasteiger charge is -2.42. The molecule has 1 heterocycles. The topological polar surface area (TPSA) is 95.9 Å². The number of amides is 2. The SMILES string of the molecule is COCc1ccc2c(c1)CCN(C(=O)C1CC(CC(=O)O)C1)[C@H]2C(=O)Nc1cc(F)c2c(c1)CCC2(C)C. The van der Waals surface area contributed by atoms with E-state index in [9.17, 15) is 14.4 Å². The van der Waals surface area contributed by atoms with Crippen molar-refractivity contribution in [2.45, 2.75) is 70.4 Å². The van der Waals surface area contributed by atoms with Crippen LogP contribution in [0.1, 0.15) is 73.4 Å². The summed E-state index contributed by atoms with van der Waals surface area (Å²) in [6.07, 6.45) is 3.29. The molecule has 2 amide bonds. The number of methoxy groups -OCH3 is 1. The molecule has 38 heavy (non-hydrogen) atoms. The Morgan fingerprint density at radius 1 is 1.13 bits per heavy atom. The van der Waals surface area contributed by atoms with E-state index in [1.807, 2.05) is 38.1 Å². The highest BCUT2D eigenvalue weighted by Gasteiger charge is 2.43. The molecule has 1 saturated carbocycles. The highest BCUT2D eigenvalue weighted by atomic mass is 19.1. The van der Waals surface area contributed by atoms with Crippen molar-refractivity contribution in [1.82, 2.24) is 4.90 Å². The smallest absolute Gasteiger partial charge is 0.303 e. The van der Waals surface area contributed by atoms with Gasteiger partial charge in [-0.05, 0) is 83.4 Å². The van der Waals surface area contributed by atoms with Crippen molar-refractivity contribution in [2.75, 3.05) is 19.0 Å². The monoisotopic (exact) mass is 522 g/mol. The summed E-state index contributed by atoms with van der Waals surface area (Å²) in [5.41, 5.74) is 4.50. The van der Waals surface area contributed by atoms with Crippen LogP contribution in [-0.4, -0.2) is 41.4 Å². The molecule has 1 atom stereocenters. The number of nitrogens with zero attached hydrogens (tertiary/aromatic N) is 1. The van der Waals surface area contributed by atoms with Crippen molar-refractivity contribution in [3.8, 4) is 0 Å². The van der Waals surface area contributed by atoms with Crippen LogP contribution in [0, 0.1) is 17.7 Å². The largest absolute Gasteiger partial charge is 0.481 e. The summed E-state index contributed by atoms with van der Waals surface area (Å²) in [6, 6.07) is 8.18. The van der Waals surface area contributed by atoms with Crippen LogP contribution in [0.15, 0.2) is 30.3 Å². The second-order valence-corrected chi connectivity index (χ2v) is 11.6. The number of carbonyl (C=O) groups is 3. The van der Waals surface area contributed by atoms with Gasteiger partial charge < -0.3 is 20.1 Å². The predicted molar refractivity (Wildman–Crippen MR) is 140 cm³/mol. The Balaban J connectivity index is 1.42. The fourth-order valence-electron chi connectivity index (χ4n) is 6.52. The lowest BCUT2D eigenvalue weighted by atomic mass is 9.72. The molecule has 2 aromatic rings. The normalized spacial score (nSPS) is 23.3. The molecule has 0 spiro atoms. The highest BCUT2D eigenvalue weighted by Crippen LogP contribution is 2.43. The van der Waals surface area contributed by atoms with Crippen molar-refractivity contribution in [1.29, 1.82) is 0 Å². The Morgan fingerprint density at radius 3 is 2.61 bits per heavy atom. The summed E-state index contributed by atoms with van der Waals surface area (Å²) in [4.78, 5) is 40.0. The molecule has 1 fully saturated rings. The van der Waals surface area contributed by atoms with E-state index in [1.165, 1.54) is 6.07 Å². The van der Waals surface area contributed by atoms with Crippen LogP contribution in [0.4, 0.5) is 10.1 Å². The number of nitrogens with one attached hydrogen (secondary N) is 1.